The fraction of sp³-hybridized carbons (Fsp3) is 0.480. The molecule has 2 heterocycles. The van der Waals surface area contributed by atoms with Crippen LogP contribution in [-0.4, -0.2) is 36.1 Å². The molecule has 8 nitrogen and oxygen atoms in total. The number of nitrogens with one attached hydrogen (secondary N) is 3. The van der Waals surface area contributed by atoms with Gasteiger partial charge in [-0.05, 0) is 31.0 Å². The highest BCUT2D eigenvalue weighted by Gasteiger charge is 2.31. The van der Waals surface area contributed by atoms with Crippen LogP contribution in [0.3, 0.4) is 0 Å². The lowest BCUT2D eigenvalue weighted by Crippen LogP contribution is -2.47. The highest BCUT2D eigenvalue weighted by atomic mass is 35.5. The molecule has 0 bridgehead atoms. The van der Waals surface area contributed by atoms with E-state index >= 15 is 0 Å². The summed E-state index contributed by atoms with van der Waals surface area (Å²) in [6.07, 6.45) is 1.06. The predicted octanol–water partition coefficient (Wildman–Crippen LogP) is 3.80. The molecule has 0 radical (unpaired) electrons. The summed E-state index contributed by atoms with van der Waals surface area (Å²) in [6, 6.07) is 5.94. The number of amides is 2. The maximum atomic E-state index is 14.8. The Bertz CT molecular complexity index is 1030. The van der Waals surface area contributed by atoms with E-state index in [0.717, 1.165) is 5.56 Å². The Balaban J connectivity index is 1.71. The van der Waals surface area contributed by atoms with Crippen LogP contribution in [0.25, 0.3) is 0 Å². The SMILES string of the molecule is CC(C)OCCOc1ccc(C2CC(=O)NC(c3c(F)ccc(CNC(=O)C(C)C)c3Cl)N2)cn1. The molecule has 1 aliphatic heterocycles. The van der Waals surface area contributed by atoms with Crippen molar-refractivity contribution >= 4 is 23.4 Å². The molecule has 35 heavy (non-hydrogen) atoms. The summed E-state index contributed by atoms with van der Waals surface area (Å²) in [7, 11) is 0. The van der Waals surface area contributed by atoms with Gasteiger partial charge in [-0.15, -0.1) is 0 Å². The number of halogens is 2. The Kier molecular flexibility index (Phi) is 9.42. The van der Waals surface area contributed by atoms with Crippen LogP contribution in [0.1, 0.15) is 63.0 Å². The predicted molar refractivity (Wildman–Crippen MR) is 130 cm³/mol. The molecule has 0 saturated carbocycles. The molecule has 10 heteroatoms. The van der Waals surface area contributed by atoms with Crippen LogP contribution in [0.15, 0.2) is 30.5 Å². The van der Waals surface area contributed by atoms with Crippen molar-refractivity contribution in [3.8, 4) is 5.88 Å². The second-order valence-electron chi connectivity index (χ2n) is 8.93. The van der Waals surface area contributed by atoms with E-state index in [9.17, 15) is 14.0 Å². The van der Waals surface area contributed by atoms with Gasteiger partial charge in [-0.1, -0.05) is 37.6 Å². The van der Waals surface area contributed by atoms with Gasteiger partial charge in [0.05, 0.1) is 17.7 Å². The number of hydrogen-bond acceptors (Lipinski definition) is 6. The third kappa shape index (κ3) is 7.37. The molecule has 2 atom stereocenters. The molecule has 2 aromatic rings. The van der Waals surface area contributed by atoms with Crippen LogP contribution in [-0.2, 0) is 20.9 Å². The molecule has 3 rings (SSSR count). The molecular weight excluding hydrogens is 475 g/mol. The van der Waals surface area contributed by atoms with E-state index in [1.807, 2.05) is 19.9 Å². The van der Waals surface area contributed by atoms with Gasteiger partial charge in [0.15, 0.2) is 0 Å². The Hall–Kier alpha value is -2.75. The van der Waals surface area contributed by atoms with Crippen molar-refractivity contribution in [1.82, 2.24) is 20.9 Å². The van der Waals surface area contributed by atoms with Gasteiger partial charge in [-0.2, -0.15) is 0 Å². The van der Waals surface area contributed by atoms with E-state index in [2.05, 4.69) is 20.9 Å². The van der Waals surface area contributed by atoms with Crippen molar-refractivity contribution in [3.05, 3.63) is 58.0 Å². The standard InChI is InChI=1S/C25H32ClFN4O4/c1-14(2)25(33)29-13-17-5-7-18(27)22(23(17)26)24-30-19(11-20(32)31-24)16-6-8-21(28-12-16)35-10-9-34-15(3)4/h5-8,12,14-15,19,24,30H,9-11,13H2,1-4H3,(H,29,33)(H,31,32). The van der Waals surface area contributed by atoms with E-state index in [1.54, 1.807) is 26.1 Å². The third-order valence-corrected chi connectivity index (χ3v) is 5.93. The van der Waals surface area contributed by atoms with Crippen LogP contribution in [0.4, 0.5) is 4.39 Å². The average Bonchev–Trinajstić information content (AvgIpc) is 2.81. The van der Waals surface area contributed by atoms with Gasteiger partial charge >= 0.3 is 0 Å². The molecule has 2 unspecified atom stereocenters. The maximum Gasteiger partial charge on any atom is 0.223 e. The van der Waals surface area contributed by atoms with Crippen LogP contribution < -0.4 is 20.7 Å². The van der Waals surface area contributed by atoms with Crippen LogP contribution in [0.5, 0.6) is 5.88 Å². The van der Waals surface area contributed by atoms with Crippen LogP contribution in [0.2, 0.25) is 5.02 Å². The summed E-state index contributed by atoms with van der Waals surface area (Å²) in [5.41, 5.74) is 1.44. The molecule has 0 aliphatic carbocycles. The molecule has 3 N–H and O–H groups in total. The normalized spacial score (nSPS) is 18.0. The molecule has 1 aromatic heterocycles. The monoisotopic (exact) mass is 506 g/mol. The Morgan fingerprint density at radius 1 is 1.23 bits per heavy atom. The zero-order chi connectivity index (χ0) is 25.5. The minimum atomic E-state index is -0.849. The number of benzene rings is 1. The van der Waals surface area contributed by atoms with Crippen molar-refractivity contribution in [3.63, 3.8) is 0 Å². The Morgan fingerprint density at radius 3 is 2.66 bits per heavy atom. The lowest BCUT2D eigenvalue weighted by molar-refractivity contribution is -0.125. The quantitative estimate of drug-likeness (QED) is 0.424. The number of ether oxygens (including phenoxy) is 2. The highest BCUT2D eigenvalue weighted by Crippen LogP contribution is 2.33. The molecule has 2 amide bonds. The first kappa shape index (κ1) is 26.8. The van der Waals surface area contributed by atoms with Crippen molar-refractivity contribution in [2.75, 3.05) is 13.2 Å². The van der Waals surface area contributed by atoms with E-state index in [4.69, 9.17) is 21.1 Å². The minimum Gasteiger partial charge on any atom is -0.475 e. The number of carbonyl (C=O) groups excluding carboxylic acids is 2. The average molecular weight is 507 g/mol. The van der Waals surface area contributed by atoms with Gasteiger partial charge in [0.2, 0.25) is 17.7 Å². The van der Waals surface area contributed by atoms with Gasteiger partial charge in [0.1, 0.15) is 18.6 Å². The number of rotatable bonds is 10. The molecule has 1 fully saturated rings. The van der Waals surface area contributed by atoms with Gasteiger partial charge in [0, 0.05) is 42.8 Å². The summed E-state index contributed by atoms with van der Waals surface area (Å²) in [5.74, 6) is -0.684. The molecule has 190 valence electrons. The van der Waals surface area contributed by atoms with Crippen LogP contribution in [0, 0.1) is 11.7 Å². The van der Waals surface area contributed by atoms with Crippen molar-refractivity contribution in [2.45, 2.75) is 59.0 Å². The van der Waals surface area contributed by atoms with Gasteiger partial charge in [0.25, 0.3) is 0 Å². The van der Waals surface area contributed by atoms with Crippen molar-refractivity contribution in [1.29, 1.82) is 0 Å². The third-order valence-electron chi connectivity index (χ3n) is 5.48. The van der Waals surface area contributed by atoms with Crippen molar-refractivity contribution < 1.29 is 23.5 Å². The molecule has 1 aromatic carbocycles. The fourth-order valence-electron chi connectivity index (χ4n) is 3.59. The highest BCUT2D eigenvalue weighted by molar-refractivity contribution is 6.32. The van der Waals surface area contributed by atoms with Gasteiger partial charge in [-0.3, -0.25) is 14.9 Å². The lowest BCUT2D eigenvalue weighted by Gasteiger charge is -2.33. The van der Waals surface area contributed by atoms with Crippen LogP contribution >= 0.6 is 11.6 Å². The molecule has 1 saturated heterocycles. The topological polar surface area (TPSA) is 102 Å². The minimum absolute atomic E-state index is 0.124. The zero-order valence-electron chi connectivity index (χ0n) is 20.4. The second-order valence-corrected chi connectivity index (χ2v) is 9.31. The van der Waals surface area contributed by atoms with Gasteiger partial charge < -0.3 is 20.1 Å². The van der Waals surface area contributed by atoms with E-state index in [0.29, 0.717) is 24.7 Å². The fourth-order valence-corrected chi connectivity index (χ4v) is 3.92. The van der Waals surface area contributed by atoms with E-state index in [-0.39, 0.29) is 47.4 Å². The summed E-state index contributed by atoms with van der Waals surface area (Å²) < 4.78 is 25.9. The lowest BCUT2D eigenvalue weighted by atomic mass is 9.99. The van der Waals surface area contributed by atoms with E-state index < -0.39 is 18.0 Å². The van der Waals surface area contributed by atoms with Crippen molar-refractivity contribution in [2.24, 2.45) is 5.92 Å². The summed E-state index contributed by atoms with van der Waals surface area (Å²) in [4.78, 5) is 28.7. The summed E-state index contributed by atoms with van der Waals surface area (Å²) in [6.45, 7) is 8.46. The number of carbonyl (C=O) groups is 2. The molecule has 0 spiro atoms. The Labute approximate surface area is 209 Å². The maximum absolute atomic E-state index is 14.8. The molecular formula is C25H32ClFN4O4. The number of aromatic nitrogens is 1. The van der Waals surface area contributed by atoms with E-state index in [1.165, 1.54) is 12.1 Å². The smallest absolute Gasteiger partial charge is 0.223 e. The number of pyridine rings is 1. The number of nitrogens with zero attached hydrogens (tertiary/aromatic N) is 1. The molecule has 1 aliphatic rings. The number of hydrogen-bond donors (Lipinski definition) is 3. The Morgan fingerprint density at radius 2 is 2.00 bits per heavy atom. The first-order chi connectivity index (χ1) is 16.7. The largest absolute Gasteiger partial charge is 0.475 e. The first-order valence-electron chi connectivity index (χ1n) is 11.7. The summed E-state index contributed by atoms with van der Waals surface area (Å²) in [5, 5.41) is 8.94. The second kappa shape index (κ2) is 12.3. The van der Waals surface area contributed by atoms with Gasteiger partial charge in [-0.25, -0.2) is 9.37 Å². The first-order valence-corrected chi connectivity index (χ1v) is 12.0. The zero-order valence-corrected chi connectivity index (χ0v) is 21.1. The summed E-state index contributed by atoms with van der Waals surface area (Å²) >= 11 is 6.53.